The fourth-order valence-corrected chi connectivity index (χ4v) is 2.14. The summed E-state index contributed by atoms with van der Waals surface area (Å²) in [5.41, 5.74) is 2.68. The SMILES string of the molecule is C=C=O.CC.CCCN(C)CCc1c[nH]c2ccccc12. The predicted octanol–water partition coefficient (Wildman–Crippen LogP) is 4.08. The normalized spacial score (nSPS) is 9.38. The third kappa shape index (κ3) is 6.94. The maximum absolute atomic E-state index is 8.57. The van der Waals surface area contributed by atoms with Gasteiger partial charge in [0.05, 0.1) is 0 Å². The van der Waals surface area contributed by atoms with Crippen LogP contribution in [0.5, 0.6) is 0 Å². The molecule has 1 aromatic heterocycles. The van der Waals surface area contributed by atoms with E-state index in [4.69, 9.17) is 4.79 Å². The van der Waals surface area contributed by atoms with Crippen LogP contribution in [0.2, 0.25) is 0 Å². The quantitative estimate of drug-likeness (QED) is 0.841. The third-order valence-corrected chi connectivity index (χ3v) is 3.04. The van der Waals surface area contributed by atoms with Crippen LogP contribution in [0.3, 0.4) is 0 Å². The molecular formula is C18H28N2O. The maximum atomic E-state index is 8.57. The van der Waals surface area contributed by atoms with E-state index >= 15 is 0 Å². The van der Waals surface area contributed by atoms with E-state index in [0.29, 0.717) is 0 Å². The Labute approximate surface area is 128 Å². The van der Waals surface area contributed by atoms with Crippen LogP contribution >= 0.6 is 0 Å². The smallest absolute Gasteiger partial charge is 0.116 e. The molecule has 0 aliphatic rings. The summed E-state index contributed by atoms with van der Waals surface area (Å²) < 4.78 is 0. The average molecular weight is 288 g/mol. The Morgan fingerprint density at radius 2 is 1.86 bits per heavy atom. The van der Waals surface area contributed by atoms with E-state index < -0.39 is 0 Å². The van der Waals surface area contributed by atoms with E-state index in [0.717, 1.165) is 13.0 Å². The highest BCUT2D eigenvalue weighted by Crippen LogP contribution is 2.18. The Kier molecular flexibility index (Phi) is 10.9. The number of para-hydroxylation sites is 1. The van der Waals surface area contributed by atoms with Crippen molar-refractivity contribution < 1.29 is 4.79 Å². The number of rotatable bonds is 5. The first-order valence-corrected chi connectivity index (χ1v) is 7.60. The van der Waals surface area contributed by atoms with Gasteiger partial charge >= 0.3 is 0 Å². The molecule has 0 bridgehead atoms. The average Bonchev–Trinajstić information content (AvgIpc) is 2.92. The molecule has 1 aromatic carbocycles. The zero-order valence-corrected chi connectivity index (χ0v) is 13.8. The van der Waals surface area contributed by atoms with E-state index in [1.165, 1.54) is 35.4 Å². The Hall–Kier alpha value is -1.83. The van der Waals surface area contributed by atoms with Crippen molar-refractivity contribution >= 4 is 16.8 Å². The van der Waals surface area contributed by atoms with Gasteiger partial charge in [-0.05, 0) is 44.6 Å². The summed E-state index contributed by atoms with van der Waals surface area (Å²) in [6.45, 7) is 11.2. The van der Waals surface area contributed by atoms with Crippen molar-refractivity contribution in [1.82, 2.24) is 9.88 Å². The van der Waals surface area contributed by atoms with Crippen molar-refractivity contribution in [3.63, 3.8) is 0 Å². The Bertz CT molecular complexity index is 525. The number of aromatic nitrogens is 1. The molecule has 21 heavy (non-hydrogen) atoms. The second kappa shape index (κ2) is 12.0. The van der Waals surface area contributed by atoms with Gasteiger partial charge < -0.3 is 9.88 Å². The van der Waals surface area contributed by atoms with E-state index in [2.05, 4.69) is 60.9 Å². The van der Waals surface area contributed by atoms with Crippen molar-refractivity contribution in [3.05, 3.63) is 42.6 Å². The zero-order valence-electron chi connectivity index (χ0n) is 13.8. The molecule has 3 nitrogen and oxygen atoms in total. The molecule has 0 aliphatic heterocycles. The molecule has 1 heterocycles. The van der Waals surface area contributed by atoms with Gasteiger partial charge in [-0.25, -0.2) is 4.79 Å². The number of benzene rings is 1. The second-order valence-corrected chi connectivity index (χ2v) is 4.56. The number of aromatic amines is 1. The summed E-state index contributed by atoms with van der Waals surface area (Å²) in [7, 11) is 2.19. The summed E-state index contributed by atoms with van der Waals surface area (Å²) in [4.78, 5) is 14.3. The number of hydrogen-bond acceptors (Lipinski definition) is 2. The lowest BCUT2D eigenvalue weighted by atomic mass is 10.1. The number of H-pyrrole nitrogens is 1. The molecule has 3 heteroatoms. The van der Waals surface area contributed by atoms with Gasteiger partial charge in [0.2, 0.25) is 0 Å². The standard InChI is InChI=1S/C14H20N2.C2H2O.C2H6/c1-3-9-16(2)10-8-12-11-15-14-7-5-4-6-13(12)14;1-2-3;1-2/h4-7,11,15H,3,8-10H2,1-2H3;1H2;1-2H3. The number of fused-ring (bicyclic) bond motifs is 1. The number of nitrogens with one attached hydrogen (secondary N) is 1. The lowest BCUT2D eigenvalue weighted by molar-refractivity contribution is 0.339. The van der Waals surface area contributed by atoms with Gasteiger partial charge in [-0.1, -0.05) is 39.0 Å². The van der Waals surface area contributed by atoms with Gasteiger partial charge in [0.1, 0.15) is 5.94 Å². The van der Waals surface area contributed by atoms with E-state index in [-0.39, 0.29) is 0 Å². The fraction of sp³-hybridized carbons (Fsp3) is 0.444. The summed E-state index contributed by atoms with van der Waals surface area (Å²) in [6, 6.07) is 8.51. The Morgan fingerprint density at radius 1 is 1.24 bits per heavy atom. The minimum Gasteiger partial charge on any atom is -0.361 e. The predicted molar refractivity (Wildman–Crippen MR) is 92.5 cm³/mol. The van der Waals surface area contributed by atoms with Crippen LogP contribution in [-0.4, -0.2) is 36.0 Å². The van der Waals surface area contributed by atoms with E-state index in [1.54, 1.807) is 0 Å². The van der Waals surface area contributed by atoms with Gasteiger partial charge in [-0.15, -0.1) is 0 Å². The molecular weight excluding hydrogens is 260 g/mol. The largest absolute Gasteiger partial charge is 0.361 e. The monoisotopic (exact) mass is 288 g/mol. The number of hydrogen-bond donors (Lipinski definition) is 1. The summed E-state index contributed by atoms with van der Waals surface area (Å²) >= 11 is 0. The first kappa shape index (κ1) is 19.2. The van der Waals surface area contributed by atoms with Crippen molar-refractivity contribution in [2.45, 2.75) is 33.6 Å². The molecule has 0 aliphatic carbocycles. The van der Waals surface area contributed by atoms with Crippen LogP contribution in [-0.2, 0) is 11.2 Å². The number of nitrogens with zero attached hydrogens (tertiary/aromatic N) is 1. The van der Waals surface area contributed by atoms with Crippen molar-refractivity contribution in [3.8, 4) is 0 Å². The zero-order chi connectivity index (χ0) is 16.1. The molecule has 1 N–H and O–H groups in total. The van der Waals surface area contributed by atoms with Crippen molar-refractivity contribution in [2.75, 3.05) is 20.1 Å². The molecule has 0 radical (unpaired) electrons. The molecule has 0 unspecified atom stereocenters. The van der Waals surface area contributed by atoms with Gasteiger partial charge in [0.25, 0.3) is 0 Å². The molecule has 0 spiro atoms. The lowest BCUT2D eigenvalue weighted by Gasteiger charge is -2.14. The maximum Gasteiger partial charge on any atom is 0.116 e. The van der Waals surface area contributed by atoms with Crippen LogP contribution in [0.25, 0.3) is 10.9 Å². The lowest BCUT2D eigenvalue weighted by Crippen LogP contribution is -2.21. The minimum absolute atomic E-state index is 1.13. The molecule has 2 aromatic rings. The van der Waals surface area contributed by atoms with Crippen molar-refractivity contribution in [1.29, 1.82) is 0 Å². The highest BCUT2D eigenvalue weighted by atomic mass is 16.1. The first-order valence-electron chi connectivity index (χ1n) is 7.60. The van der Waals surface area contributed by atoms with Crippen LogP contribution in [0.1, 0.15) is 32.8 Å². The van der Waals surface area contributed by atoms with Gasteiger partial charge in [-0.3, -0.25) is 0 Å². The van der Waals surface area contributed by atoms with Crippen LogP contribution < -0.4 is 0 Å². The number of carbonyl (C=O) groups excluding carboxylic acids is 1. The van der Waals surface area contributed by atoms with E-state index in [1.807, 2.05) is 13.8 Å². The first-order chi connectivity index (χ1) is 10.2. The van der Waals surface area contributed by atoms with E-state index in [9.17, 15) is 0 Å². The summed E-state index contributed by atoms with van der Waals surface area (Å²) in [6.07, 6.45) is 4.50. The highest BCUT2D eigenvalue weighted by molar-refractivity contribution is 5.83. The molecule has 116 valence electrons. The highest BCUT2D eigenvalue weighted by Gasteiger charge is 2.03. The van der Waals surface area contributed by atoms with Gasteiger partial charge in [0.15, 0.2) is 0 Å². The third-order valence-electron chi connectivity index (χ3n) is 3.04. The molecule has 0 atom stereocenters. The molecule has 0 fully saturated rings. The molecule has 2 rings (SSSR count). The molecule has 0 amide bonds. The fourth-order valence-electron chi connectivity index (χ4n) is 2.14. The van der Waals surface area contributed by atoms with Gasteiger partial charge in [-0.2, -0.15) is 0 Å². The molecule has 0 saturated carbocycles. The minimum atomic E-state index is 1.13. The summed E-state index contributed by atoms with van der Waals surface area (Å²) in [5, 5.41) is 1.37. The van der Waals surface area contributed by atoms with Crippen molar-refractivity contribution in [2.24, 2.45) is 0 Å². The van der Waals surface area contributed by atoms with Crippen LogP contribution in [0.15, 0.2) is 37.0 Å². The van der Waals surface area contributed by atoms with Crippen LogP contribution in [0.4, 0.5) is 0 Å². The number of likely N-dealkylation sites (N-methyl/N-ethyl adjacent to an activating group) is 1. The summed E-state index contributed by atoms with van der Waals surface area (Å²) in [5.74, 6) is 1.25. The Balaban J connectivity index is 0.000000713. The topological polar surface area (TPSA) is 36.1 Å². The molecule has 0 saturated heterocycles. The second-order valence-electron chi connectivity index (χ2n) is 4.56. The Morgan fingerprint density at radius 3 is 2.48 bits per heavy atom. The van der Waals surface area contributed by atoms with Crippen LogP contribution in [0, 0.1) is 0 Å². The van der Waals surface area contributed by atoms with Gasteiger partial charge in [0, 0.05) is 23.6 Å².